The van der Waals surface area contributed by atoms with Crippen LogP contribution < -0.4 is 4.74 Å². The van der Waals surface area contributed by atoms with Crippen LogP contribution in [0, 0.1) is 11.3 Å². The molecule has 2 aromatic carbocycles. The van der Waals surface area contributed by atoms with Crippen molar-refractivity contribution in [2.24, 2.45) is 0 Å². The fourth-order valence-corrected chi connectivity index (χ4v) is 2.72. The number of nitriles is 1. The molecular weight excluding hydrogens is 340 g/mol. The van der Waals surface area contributed by atoms with Gasteiger partial charge in [0, 0.05) is 17.8 Å². The quantitative estimate of drug-likeness (QED) is 0.559. The zero-order valence-corrected chi connectivity index (χ0v) is 14.4. The average molecular weight is 354 g/mol. The van der Waals surface area contributed by atoms with Crippen molar-refractivity contribution >= 4 is 0 Å². The van der Waals surface area contributed by atoms with Gasteiger partial charge in [-0.3, -0.25) is 4.98 Å². The summed E-state index contributed by atoms with van der Waals surface area (Å²) in [7, 11) is 1.60. The molecule has 7 heteroatoms. The summed E-state index contributed by atoms with van der Waals surface area (Å²) in [5.41, 5.74) is 3.74. The highest BCUT2D eigenvalue weighted by molar-refractivity contribution is 5.73. The Labute approximate surface area is 155 Å². The molecule has 0 bridgehead atoms. The highest BCUT2D eigenvalue weighted by Crippen LogP contribution is 2.32. The molecule has 0 atom stereocenters. The first-order chi connectivity index (χ1) is 13.3. The Morgan fingerprint density at radius 1 is 1.04 bits per heavy atom. The molecule has 27 heavy (non-hydrogen) atoms. The highest BCUT2D eigenvalue weighted by atomic mass is 16.5. The van der Waals surface area contributed by atoms with E-state index in [-0.39, 0.29) is 0 Å². The summed E-state index contributed by atoms with van der Waals surface area (Å²) in [6, 6.07) is 20.7. The number of ether oxygens (including phenoxy) is 1. The minimum atomic E-state index is 0.445. The number of benzene rings is 2. The summed E-state index contributed by atoms with van der Waals surface area (Å²) in [6.45, 7) is 0. The lowest BCUT2D eigenvalue weighted by Gasteiger charge is -2.10. The molecule has 0 aliphatic rings. The van der Waals surface area contributed by atoms with Crippen LogP contribution in [0.25, 0.3) is 28.3 Å². The van der Waals surface area contributed by atoms with Crippen molar-refractivity contribution in [1.29, 1.82) is 5.26 Å². The van der Waals surface area contributed by atoms with Gasteiger partial charge in [0.05, 0.1) is 24.4 Å². The van der Waals surface area contributed by atoms with Crippen LogP contribution in [-0.4, -0.2) is 32.3 Å². The third-order valence-electron chi connectivity index (χ3n) is 4.03. The summed E-state index contributed by atoms with van der Waals surface area (Å²) in [4.78, 5) is 5.66. The van der Waals surface area contributed by atoms with E-state index in [1.165, 1.54) is 4.80 Å². The van der Waals surface area contributed by atoms with Gasteiger partial charge in [0.15, 0.2) is 0 Å². The molecule has 0 aliphatic heterocycles. The van der Waals surface area contributed by atoms with E-state index in [4.69, 9.17) is 10.00 Å². The van der Waals surface area contributed by atoms with Crippen molar-refractivity contribution in [3.63, 3.8) is 0 Å². The number of nitrogens with zero attached hydrogens (tertiary/aromatic N) is 6. The van der Waals surface area contributed by atoms with E-state index in [0.717, 1.165) is 11.1 Å². The lowest BCUT2D eigenvalue weighted by Crippen LogP contribution is -2.00. The molecule has 2 aromatic heterocycles. The van der Waals surface area contributed by atoms with E-state index in [1.807, 2.05) is 54.6 Å². The van der Waals surface area contributed by atoms with E-state index < -0.39 is 0 Å². The highest BCUT2D eigenvalue weighted by Gasteiger charge is 2.12. The zero-order valence-electron chi connectivity index (χ0n) is 14.4. The van der Waals surface area contributed by atoms with Crippen molar-refractivity contribution in [2.75, 3.05) is 7.11 Å². The van der Waals surface area contributed by atoms with Gasteiger partial charge in [-0.25, -0.2) is 0 Å². The third-order valence-corrected chi connectivity index (χ3v) is 4.03. The molecule has 0 unspecified atom stereocenters. The Morgan fingerprint density at radius 3 is 2.74 bits per heavy atom. The van der Waals surface area contributed by atoms with Crippen LogP contribution in [0.2, 0.25) is 0 Å². The first-order valence-corrected chi connectivity index (χ1v) is 8.19. The van der Waals surface area contributed by atoms with Crippen LogP contribution in [0.1, 0.15) is 5.56 Å². The second-order valence-corrected chi connectivity index (χ2v) is 5.69. The standard InChI is InChI=1S/C20H14N6O/c1-27-19-12-16(8-9-17(19)15-6-4-5-14(11-15)13-21)26-24-20(23-25-26)18-7-2-3-10-22-18/h2-12H,1H3. The van der Waals surface area contributed by atoms with Gasteiger partial charge in [-0.1, -0.05) is 18.2 Å². The Hall–Kier alpha value is -4.05. The Morgan fingerprint density at radius 2 is 1.96 bits per heavy atom. The fourth-order valence-electron chi connectivity index (χ4n) is 2.72. The minimum Gasteiger partial charge on any atom is -0.496 e. The first-order valence-electron chi connectivity index (χ1n) is 8.19. The van der Waals surface area contributed by atoms with Crippen molar-refractivity contribution < 1.29 is 4.74 Å². The molecule has 4 rings (SSSR count). The SMILES string of the molecule is COc1cc(-n2nnc(-c3ccccn3)n2)ccc1-c1cccc(C#N)c1. The van der Waals surface area contributed by atoms with Crippen LogP contribution in [0.15, 0.2) is 66.9 Å². The Balaban J connectivity index is 1.72. The van der Waals surface area contributed by atoms with Crippen LogP contribution in [0.4, 0.5) is 0 Å². The number of tetrazole rings is 1. The molecule has 0 N–H and O–H groups in total. The summed E-state index contributed by atoms with van der Waals surface area (Å²) in [5, 5.41) is 21.7. The van der Waals surface area contributed by atoms with Gasteiger partial charge in [0.2, 0.25) is 5.82 Å². The van der Waals surface area contributed by atoms with Crippen LogP contribution in [0.5, 0.6) is 5.75 Å². The van der Waals surface area contributed by atoms with Crippen molar-refractivity contribution in [1.82, 2.24) is 25.2 Å². The molecule has 0 aliphatic carbocycles. The fraction of sp³-hybridized carbons (Fsp3) is 0.0500. The van der Waals surface area contributed by atoms with Crippen molar-refractivity contribution in [2.45, 2.75) is 0 Å². The maximum atomic E-state index is 9.11. The van der Waals surface area contributed by atoms with Crippen molar-refractivity contribution in [3.05, 3.63) is 72.4 Å². The number of pyridine rings is 1. The number of methoxy groups -OCH3 is 1. The molecule has 0 fully saturated rings. The van der Waals surface area contributed by atoms with Gasteiger partial charge in [0.1, 0.15) is 11.4 Å². The number of hydrogen-bond acceptors (Lipinski definition) is 6. The summed E-state index contributed by atoms with van der Waals surface area (Å²) in [6.07, 6.45) is 1.68. The zero-order chi connectivity index (χ0) is 18.6. The minimum absolute atomic E-state index is 0.445. The molecule has 2 heterocycles. The first kappa shape index (κ1) is 16.4. The largest absolute Gasteiger partial charge is 0.496 e. The van der Waals surface area contributed by atoms with Crippen molar-refractivity contribution in [3.8, 4) is 40.2 Å². The Bertz CT molecular complexity index is 1130. The number of aromatic nitrogens is 5. The van der Waals surface area contributed by atoms with Gasteiger partial charge < -0.3 is 4.74 Å². The van der Waals surface area contributed by atoms with Crippen LogP contribution in [0.3, 0.4) is 0 Å². The van der Waals surface area contributed by atoms with E-state index in [2.05, 4.69) is 26.5 Å². The lowest BCUT2D eigenvalue weighted by atomic mass is 10.0. The number of hydrogen-bond donors (Lipinski definition) is 0. The van der Waals surface area contributed by atoms with E-state index in [1.54, 1.807) is 19.4 Å². The van der Waals surface area contributed by atoms with E-state index >= 15 is 0 Å². The van der Waals surface area contributed by atoms with Crippen LogP contribution in [-0.2, 0) is 0 Å². The van der Waals surface area contributed by atoms with Gasteiger partial charge in [0.25, 0.3) is 0 Å². The molecule has 0 radical (unpaired) electrons. The molecular formula is C20H14N6O. The number of rotatable bonds is 4. The second-order valence-electron chi connectivity index (χ2n) is 5.69. The molecule has 0 spiro atoms. The maximum Gasteiger partial charge on any atom is 0.223 e. The monoisotopic (exact) mass is 354 g/mol. The van der Waals surface area contributed by atoms with Gasteiger partial charge >= 0.3 is 0 Å². The smallest absolute Gasteiger partial charge is 0.223 e. The molecule has 7 nitrogen and oxygen atoms in total. The normalized spacial score (nSPS) is 10.4. The van der Waals surface area contributed by atoms with Gasteiger partial charge in [-0.15, -0.1) is 15.0 Å². The van der Waals surface area contributed by atoms with E-state index in [9.17, 15) is 0 Å². The van der Waals surface area contributed by atoms with Gasteiger partial charge in [-0.2, -0.15) is 5.26 Å². The Kier molecular flexibility index (Phi) is 4.29. The summed E-state index contributed by atoms with van der Waals surface area (Å²) < 4.78 is 5.54. The van der Waals surface area contributed by atoms with Gasteiger partial charge in [-0.05, 0) is 47.2 Å². The molecule has 130 valence electrons. The molecule has 0 amide bonds. The molecule has 0 saturated heterocycles. The lowest BCUT2D eigenvalue weighted by molar-refractivity contribution is 0.416. The predicted octanol–water partition coefficient (Wildman–Crippen LogP) is 3.27. The predicted molar refractivity (Wildman–Crippen MR) is 99.1 cm³/mol. The summed E-state index contributed by atoms with van der Waals surface area (Å²) >= 11 is 0. The topological polar surface area (TPSA) is 89.5 Å². The average Bonchev–Trinajstić information content (AvgIpc) is 3.24. The maximum absolute atomic E-state index is 9.11. The third kappa shape index (κ3) is 3.24. The second kappa shape index (κ2) is 7.06. The van der Waals surface area contributed by atoms with E-state index in [0.29, 0.717) is 28.5 Å². The summed E-state index contributed by atoms with van der Waals surface area (Å²) in [5.74, 6) is 1.10. The van der Waals surface area contributed by atoms with Crippen LogP contribution >= 0.6 is 0 Å². The molecule has 4 aromatic rings. The molecule has 0 saturated carbocycles.